The predicted octanol–water partition coefficient (Wildman–Crippen LogP) is 5.06. The van der Waals surface area contributed by atoms with Crippen LogP contribution in [0, 0.1) is 0 Å². The molecule has 1 aliphatic heterocycles. The minimum absolute atomic E-state index is 0.126. The fourth-order valence-electron chi connectivity index (χ4n) is 4.71. The summed E-state index contributed by atoms with van der Waals surface area (Å²) in [6.45, 7) is 5.12. The van der Waals surface area contributed by atoms with Crippen molar-refractivity contribution in [3.8, 4) is 22.5 Å². The summed E-state index contributed by atoms with van der Waals surface area (Å²) in [5, 5.41) is 7.85. The van der Waals surface area contributed by atoms with Crippen molar-refractivity contribution in [3.63, 3.8) is 0 Å². The van der Waals surface area contributed by atoms with Gasteiger partial charge >= 0.3 is 0 Å². The number of nitrogens with one attached hydrogen (secondary N) is 1. The molecule has 6 nitrogen and oxygen atoms in total. The van der Waals surface area contributed by atoms with Gasteiger partial charge < -0.3 is 10.2 Å². The van der Waals surface area contributed by atoms with Crippen LogP contribution in [0.1, 0.15) is 43.1 Å². The molecule has 0 unspecified atom stereocenters. The van der Waals surface area contributed by atoms with E-state index in [4.69, 9.17) is 10.1 Å². The number of benzene rings is 2. The Hall–Kier alpha value is -3.51. The zero-order valence-corrected chi connectivity index (χ0v) is 19.7. The van der Waals surface area contributed by atoms with Crippen LogP contribution in [0.2, 0.25) is 0 Å². The first-order valence-corrected chi connectivity index (χ1v) is 12.2. The Morgan fingerprint density at radius 3 is 2.38 bits per heavy atom. The summed E-state index contributed by atoms with van der Waals surface area (Å²) in [5.74, 6) is -0.126. The van der Waals surface area contributed by atoms with Gasteiger partial charge in [0.05, 0.1) is 11.4 Å². The lowest BCUT2D eigenvalue weighted by molar-refractivity contribution is 0.0941. The molecule has 0 radical (unpaired) electrons. The van der Waals surface area contributed by atoms with Crippen molar-refractivity contribution in [1.29, 1.82) is 0 Å². The molecule has 1 aliphatic rings. The standard InChI is InChI=1S/C28H31N5O/c1-21-11-8-9-17-32(21)18-10-16-29-28(34)26-19-24(22-12-4-2-5-13-22)30-27-20-25(31-33(26)27)23-14-6-3-7-15-23/h2-7,12-15,19-21H,8-11,16-18H2,1H3,(H,29,34)/t21-/m1/s1. The minimum atomic E-state index is -0.126. The zero-order valence-electron chi connectivity index (χ0n) is 19.7. The van der Waals surface area contributed by atoms with E-state index >= 15 is 0 Å². The van der Waals surface area contributed by atoms with E-state index in [9.17, 15) is 4.79 Å². The molecule has 1 amide bonds. The summed E-state index contributed by atoms with van der Waals surface area (Å²) in [4.78, 5) is 20.6. The first-order valence-electron chi connectivity index (χ1n) is 12.2. The molecule has 3 heterocycles. The van der Waals surface area contributed by atoms with Gasteiger partial charge in [0.15, 0.2) is 5.65 Å². The Morgan fingerprint density at radius 2 is 1.68 bits per heavy atom. The van der Waals surface area contributed by atoms with Crippen LogP contribution >= 0.6 is 0 Å². The third-order valence-corrected chi connectivity index (χ3v) is 6.65. The number of hydrogen-bond donors (Lipinski definition) is 1. The number of carbonyl (C=O) groups excluding carboxylic acids is 1. The Kier molecular flexibility index (Phi) is 6.67. The van der Waals surface area contributed by atoms with Gasteiger partial charge in [-0.15, -0.1) is 0 Å². The zero-order chi connectivity index (χ0) is 23.3. The molecular weight excluding hydrogens is 422 g/mol. The molecule has 2 aromatic carbocycles. The van der Waals surface area contributed by atoms with Gasteiger partial charge in [-0.1, -0.05) is 67.1 Å². The van der Waals surface area contributed by atoms with Crippen molar-refractivity contribution in [2.24, 2.45) is 0 Å². The van der Waals surface area contributed by atoms with Gasteiger partial charge in [-0.2, -0.15) is 5.10 Å². The SMILES string of the molecule is C[C@@H]1CCCCN1CCCNC(=O)c1cc(-c2ccccc2)nc2cc(-c3ccccc3)nn12. The number of hydrogen-bond acceptors (Lipinski definition) is 4. The first-order chi connectivity index (χ1) is 16.7. The van der Waals surface area contributed by atoms with Crippen LogP contribution in [-0.2, 0) is 0 Å². The van der Waals surface area contributed by atoms with Gasteiger partial charge in [0.25, 0.3) is 5.91 Å². The topological polar surface area (TPSA) is 62.5 Å². The van der Waals surface area contributed by atoms with Crippen LogP contribution in [0.4, 0.5) is 0 Å². The van der Waals surface area contributed by atoms with Crippen molar-refractivity contribution in [2.75, 3.05) is 19.6 Å². The summed E-state index contributed by atoms with van der Waals surface area (Å²) in [6.07, 6.45) is 4.80. The van der Waals surface area contributed by atoms with E-state index in [1.807, 2.05) is 72.8 Å². The highest BCUT2D eigenvalue weighted by atomic mass is 16.2. The van der Waals surface area contributed by atoms with Gasteiger partial charge in [0.1, 0.15) is 5.69 Å². The lowest BCUT2D eigenvalue weighted by Crippen LogP contribution is -2.39. The van der Waals surface area contributed by atoms with Crippen LogP contribution in [0.15, 0.2) is 72.8 Å². The molecule has 5 rings (SSSR count). The Bertz CT molecular complexity index is 1250. The number of fused-ring (bicyclic) bond motifs is 1. The number of carbonyl (C=O) groups is 1. The predicted molar refractivity (Wildman–Crippen MR) is 136 cm³/mol. The highest BCUT2D eigenvalue weighted by Gasteiger charge is 2.19. The average molecular weight is 454 g/mol. The Labute approximate surface area is 200 Å². The summed E-state index contributed by atoms with van der Waals surface area (Å²) in [7, 11) is 0. The van der Waals surface area contributed by atoms with Crippen LogP contribution < -0.4 is 5.32 Å². The summed E-state index contributed by atoms with van der Waals surface area (Å²) in [5.41, 5.74) is 4.69. The maximum absolute atomic E-state index is 13.3. The lowest BCUT2D eigenvalue weighted by Gasteiger charge is -2.33. The summed E-state index contributed by atoms with van der Waals surface area (Å²) in [6, 6.07) is 24.4. The second-order valence-corrected chi connectivity index (χ2v) is 9.05. The van der Waals surface area contributed by atoms with Gasteiger partial charge in [-0.05, 0) is 38.8 Å². The first kappa shape index (κ1) is 22.3. The molecule has 0 spiro atoms. The maximum atomic E-state index is 13.3. The molecule has 1 saturated heterocycles. The number of rotatable bonds is 7. The van der Waals surface area contributed by atoms with E-state index in [1.54, 1.807) is 4.52 Å². The molecule has 1 N–H and O–H groups in total. The fourth-order valence-corrected chi connectivity index (χ4v) is 4.71. The van der Waals surface area contributed by atoms with Crippen molar-refractivity contribution >= 4 is 11.6 Å². The van der Waals surface area contributed by atoms with Gasteiger partial charge in [-0.25, -0.2) is 9.50 Å². The lowest BCUT2D eigenvalue weighted by atomic mass is 10.0. The minimum Gasteiger partial charge on any atom is -0.351 e. The van der Waals surface area contributed by atoms with Crippen LogP contribution in [0.3, 0.4) is 0 Å². The van der Waals surface area contributed by atoms with E-state index in [1.165, 1.54) is 19.3 Å². The summed E-state index contributed by atoms with van der Waals surface area (Å²) >= 11 is 0. The van der Waals surface area contributed by atoms with E-state index in [0.717, 1.165) is 42.0 Å². The molecule has 0 saturated carbocycles. The van der Waals surface area contributed by atoms with Crippen molar-refractivity contribution in [3.05, 3.63) is 78.5 Å². The molecule has 2 aromatic heterocycles. The van der Waals surface area contributed by atoms with E-state index in [-0.39, 0.29) is 5.91 Å². The Morgan fingerprint density at radius 1 is 0.971 bits per heavy atom. The molecular formula is C28H31N5O. The van der Waals surface area contributed by atoms with Crippen LogP contribution in [0.25, 0.3) is 28.2 Å². The summed E-state index contributed by atoms with van der Waals surface area (Å²) < 4.78 is 1.66. The quantitative estimate of drug-likeness (QED) is 0.398. The molecule has 174 valence electrons. The van der Waals surface area contributed by atoms with E-state index in [0.29, 0.717) is 23.9 Å². The molecule has 6 heteroatoms. The van der Waals surface area contributed by atoms with Gasteiger partial charge in [-0.3, -0.25) is 4.79 Å². The van der Waals surface area contributed by atoms with Crippen molar-refractivity contribution in [1.82, 2.24) is 24.8 Å². The molecule has 1 fully saturated rings. The third-order valence-electron chi connectivity index (χ3n) is 6.65. The number of likely N-dealkylation sites (tertiary alicyclic amines) is 1. The monoisotopic (exact) mass is 453 g/mol. The van der Waals surface area contributed by atoms with Crippen LogP contribution in [-0.4, -0.2) is 51.1 Å². The van der Waals surface area contributed by atoms with Crippen molar-refractivity contribution in [2.45, 2.75) is 38.6 Å². The third kappa shape index (κ3) is 4.87. The smallest absolute Gasteiger partial charge is 0.270 e. The molecule has 4 aromatic rings. The van der Waals surface area contributed by atoms with E-state index < -0.39 is 0 Å². The molecule has 34 heavy (non-hydrogen) atoms. The Balaban J connectivity index is 1.39. The highest BCUT2D eigenvalue weighted by molar-refractivity contribution is 5.94. The number of nitrogens with zero attached hydrogens (tertiary/aromatic N) is 4. The van der Waals surface area contributed by atoms with Gasteiger partial charge in [0, 0.05) is 36.3 Å². The number of piperidine rings is 1. The molecule has 0 aliphatic carbocycles. The van der Waals surface area contributed by atoms with E-state index in [2.05, 4.69) is 17.1 Å². The number of aromatic nitrogens is 3. The van der Waals surface area contributed by atoms with Crippen LogP contribution in [0.5, 0.6) is 0 Å². The highest BCUT2D eigenvalue weighted by Crippen LogP contribution is 2.24. The molecule has 1 atom stereocenters. The normalized spacial score (nSPS) is 16.6. The fraction of sp³-hybridized carbons (Fsp3) is 0.321. The van der Waals surface area contributed by atoms with Gasteiger partial charge in [0.2, 0.25) is 0 Å². The largest absolute Gasteiger partial charge is 0.351 e. The maximum Gasteiger partial charge on any atom is 0.270 e. The number of amides is 1. The average Bonchev–Trinajstić information content (AvgIpc) is 3.32. The molecule has 0 bridgehead atoms. The second kappa shape index (κ2) is 10.2. The second-order valence-electron chi connectivity index (χ2n) is 9.05. The van der Waals surface area contributed by atoms with Crippen molar-refractivity contribution < 1.29 is 4.79 Å².